The summed E-state index contributed by atoms with van der Waals surface area (Å²) in [6, 6.07) is 3.32. The maximum absolute atomic E-state index is 10.8. The topological polar surface area (TPSA) is 62.7 Å². The van der Waals surface area contributed by atoms with Crippen LogP contribution in [0, 0.1) is 6.92 Å². The predicted octanol–water partition coefficient (Wildman–Crippen LogP) is 1.56. The van der Waals surface area contributed by atoms with Gasteiger partial charge in [-0.25, -0.2) is 9.78 Å². The van der Waals surface area contributed by atoms with Crippen LogP contribution in [0.2, 0.25) is 0 Å². The zero-order valence-corrected chi connectivity index (χ0v) is 10.4. The van der Waals surface area contributed by atoms with Gasteiger partial charge in [-0.05, 0) is 25.5 Å². The maximum Gasteiger partial charge on any atom is 0.337 e. The van der Waals surface area contributed by atoms with Gasteiger partial charge >= 0.3 is 5.97 Å². The first-order valence-corrected chi connectivity index (χ1v) is 5.47. The third-order valence-corrected chi connectivity index (χ3v) is 2.53. The second-order valence-electron chi connectivity index (χ2n) is 3.88. The lowest BCUT2D eigenvalue weighted by Gasteiger charge is -2.18. The highest BCUT2D eigenvalue weighted by Gasteiger charge is 2.10. The monoisotopic (exact) mass is 238 g/mol. The molecule has 1 heterocycles. The summed E-state index contributed by atoms with van der Waals surface area (Å²) >= 11 is 0. The number of carboxylic acid groups (broad SMARTS) is 1. The average Bonchev–Trinajstić information content (AvgIpc) is 2.28. The van der Waals surface area contributed by atoms with Crippen molar-refractivity contribution < 1.29 is 14.6 Å². The molecule has 1 rings (SSSR count). The molecule has 0 atom stereocenters. The molecule has 0 radical (unpaired) electrons. The van der Waals surface area contributed by atoms with Crippen LogP contribution >= 0.6 is 0 Å². The summed E-state index contributed by atoms with van der Waals surface area (Å²) in [5, 5.41) is 8.90. The number of aromatic nitrogens is 1. The zero-order chi connectivity index (χ0) is 12.8. The molecule has 5 heteroatoms. The Kier molecular flexibility index (Phi) is 4.90. The van der Waals surface area contributed by atoms with Gasteiger partial charge in [-0.3, -0.25) is 0 Å². The van der Waals surface area contributed by atoms with Crippen LogP contribution in [0.15, 0.2) is 12.1 Å². The normalized spacial score (nSPS) is 10.3. The lowest BCUT2D eigenvalue weighted by Crippen LogP contribution is -2.21. The minimum atomic E-state index is -0.941. The Morgan fingerprint density at radius 3 is 2.76 bits per heavy atom. The van der Waals surface area contributed by atoms with E-state index in [0.717, 1.165) is 18.8 Å². The van der Waals surface area contributed by atoms with Crippen molar-refractivity contribution in [3.8, 4) is 0 Å². The number of hydrogen-bond acceptors (Lipinski definition) is 4. The second-order valence-corrected chi connectivity index (χ2v) is 3.88. The van der Waals surface area contributed by atoms with Gasteiger partial charge in [-0.2, -0.15) is 0 Å². The van der Waals surface area contributed by atoms with Crippen LogP contribution in [0.1, 0.15) is 22.5 Å². The number of aromatic carboxylic acids is 1. The zero-order valence-electron chi connectivity index (χ0n) is 10.4. The van der Waals surface area contributed by atoms with Gasteiger partial charge in [-0.15, -0.1) is 0 Å². The Morgan fingerprint density at radius 1 is 1.53 bits per heavy atom. The van der Waals surface area contributed by atoms with Crippen LogP contribution in [-0.2, 0) is 4.74 Å². The number of carbonyl (C=O) groups is 1. The number of pyridine rings is 1. The number of anilines is 1. The van der Waals surface area contributed by atoms with Gasteiger partial charge in [0.15, 0.2) is 0 Å². The van der Waals surface area contributed by atoms with Crippen molar-refractivity contribution in [1.29, 1.82) is 0 Å². The van der Waals surface area contributed by atoms with Gasteiger partial charge < -0.3 is 14.7 Å². The highest BCUT2D eigenvalue weighted by atomic mass is 16.5. The molecule has 5 nitrogen and oxygen atoms in total. The molecule has 0 fully saturated rings. The molecule has 0 saturated heterocycles. The summed E-state index contributed by atoms with van der Waals surface area (Å²) < 4.78 is 4.98. The van der Waals surface area contributed by atoms with E-state index in [1.54, 1.807) is 26.2 Å². The van der Waals surface area contributed by atoms with E-state index in [2.05, 4.69) is 4.98 Å². The standard InChI is InChI=1S/C12H18N2O3/c1-9-10(12(15)16)5-6-11(13-9)14(2)7-4-8-17-3/h5-6H,4,7-8H2,1-3H3,(H,15,16). The average molecular weight is 238 g/mol. The highest BCUT2D eigenvalue weighted by Crippen LogP contribution is 2.13. The van der Waals surface area contributed by atoms with Gasteiger partial charge in [0.2, 0.25) is 0 Å². The fourth-order valence-electron chi connectivity index (χ4n) is 1.55. The smallest absolute Gasteiger partial charge is 0.337 e. The Labute approximate surface area is 101 Å². The van der Waals surface area contributed by atoms with Gasteiger partial charge in [-0.1, -0.05) is 0 Å². The van der Waals surface area contributed by atoms with Crippen LogP contribution in [-0.4, -0.2) is 43.4 Å². The minimum Gasteiger partial charge on any atom is -0.478 e. The number of rotatable bonds is 6. The van der Waals surface area contributed by atoms with E-state index in [1.165, 1.54) is 0 Å². The molecule has 0 spiro atoms. The highest BCUT2D eigenvalue weighted by molar-refractivity contribution is 5.89. The number of ether oxygens (including phenoxy) is 1. The second kappa shape index (κ2) is 6.20. The third-order valence-electron chi connectivity index (χ3n) is 2.53. The summed E-state index contributed by atoms with van der Waals surface area (Å²) in [5.41, 5.74) is 0.785. The largest absolute Gasteiger partial charge is 0.478 e. The molecule has 1 N–H and O–H groups in total. The van der Waals surface area contributed by atoms with E-state index in [9.17, 15) is 4.79 Å². The van der Waals surface area contributed by atoms with Crippen molar-refractivity contribution in [3.05, 3.63) is 23.4 Å². The molecule has 1 aromatic heterocycles. The number of methoxy groups -OCH3 is 1. The number of aryl methyl sites for hydroxylation is 1. The van der Waals surface area contributed by atoms with Crippen LogP contribution in [0.5, 0.6) is 0 Å². The molecule has 0 aliphatic rings. The number of nitrogens with zero attached hydrogens (tertiary/aromatic N) is 2. The Balaban J connectivity index is 2.72. The molecule has 0 aliphatic carbocycles. The minimum absolute atomic E-state index is 0.249. The Morgan fingerprint density at radius 2 is 2.24 bits per heavy atom. The quantitative estimate of drug-likeness (QED) is 0.762. The van der Waals surface area contributed by atoms with E-state index in [0.29, 0.717) is 12.3 Å². The molecule has 0 saturated carbocycles. The van der Waals surface area contributed by atoms with E-state index in [4.69, 9.17) is 9.84 Å². The first-order chi connectivity index (χ1) is 8.06. The molecule has 0 unspecified atom stereocenters. The first-order valence-electron chi connectivity index (χ1n) is 5.47. The number of hydrogen-bond donors (Lipinski definition) is 1. The molecular formula is C12H18N2O3. The molecule has 94 valence electrons. The Bertz CT molecular complexity index is 393. The van der Waals surface area contributed by atoms with Crippen molar-refractivity contribution >= 4 is 11.8 Å². The van der Waals surface area contributed by atoms with Crippen LogP contribution in [0.25, 0.3) is 0 Å². The van der Waals surface area contributed by atoms with Crippen LogP contribution in [0.4, 0.5) is 5.82 Å². The Hall–Kier alpha value is -1.62. The van der Waals surface area contributed by atoms with Crippen molar-refractivity contribution in [2.24, 2.45) is 0 Å². The summed E-state index contributed by atoms with van der Waals surface area (Å²) in [6.45, 7) is 3.24. The van der Waals surface area contributed by atoms with Crippen molar-refractivity contribution in [2.75, 3.05) is 32.2 Å². The predicted molar refractivity (Wildman–Crippen MR) is 65.7 cm³/mol. The van der Waals surface area contributed by atoms with E-state index in [-0.39, 0.29) is 5.56 Å². The lowest BCUT2D eigenvalue weighted by molar-refractivity contribution is 0.0695. The molecule has 0 bridgehead atoms. The van der Waals surface area contributed by atoms with Crippen LogP contribution < -0.4 is 4.90 Å². The van der Waals surface area contributed by atoms with Crippen LogP contribution in [0.3, 0.4) is 0 Å². The SMILES string of the molecule is COCCCN(C)c1ccc(C(=O)O)c(C)n1. The third kappa shape index (κ3) is 3.71. The van der Waals surface area contributed by atoms with Crippen molar-refractivity contribution in [1.82, 2.24) is 4.98 Å². The van der Waals surface area contributed by atoms with E-state index < -0.39 is 5.97 Å². The fraction of sp³-hybridized carbons (Fsp3) is 0.500. The summed E-state index contributed by atoms with van der Waals surface area (Å²) in [6.07, 6.45) is 0.911. The van der Waals surface area contributed by atoms with E-state index in [1.807, 2.05) is 11.9 Å². The summed E-state index contributed by atoms with van der Waals surface area (Å²) in [4.78, 5) is 17.1. The van der Waals surface area contributed by atoms with Gasteiger partial charge in [0.05, 0.1) is 11.3 Å². The van der Waals surface area contributed by atoms with Gasteiger partial charge in [0, 0.05) is 27.3 Å². The molecule has 17 heavy (non-hydrogen) atoms. The molecule has 0 aliphatic heterocycles. The summed E-state index contributed by atoms with van der Waals surface area (Å²) in [5.74, 6) is -0.160. The van der Waals surface area contributed by atoms with Crippen molar-refractivity contribution in [2.45, 2.75) is 13.3 Å². The maximum atomic E-state index is 10.8. The van der Waals surface area contributed by atoms with E-state index >= 15 is 0 Å². The number of carboxylic acids is 1. The molecular weight excluding hydrogens is 220 g/mol. The fourth-order valence-corrected chi connectivity index (χ4v) is 1.55. The van der Waals surface area contributed by atoms with Crippen molar-refractivity contribution in [3.63, 3.8) is 0 Å². The lowest BCUT2D eigenvalue weighted by atomic mass is 10.2. The van der Waals surface area contributed by atoms with Gasteiger partial charge in [0.25, 0.3) is 0 Å². The summed E-state index contributed by atoms with van der Waals surface area (Å²) in [7, 11) is 3.60. The molecule has 0 aromatic carbocycles. The molecule has 0 amide bonds. The first kappa shape index (κ1) is 13.4. The van der Waals surface area contributed by atoms with Gasteiger partial charge in [0.1, 0.15) is 5.82 Å². The molecule has 1 aromatic rings.